The maximum atomic E-state index is 12.7. The minimum atomic E-state index is -4.34. The van der Waals surface area contributed by atoms with Crippen LogP contribution >= 0.6 is 0 Å². The van der Waals surface area contributed by atoms with Gasteiger partial charge < -0.3 is 9.88 Å². The fourth-order valence-electron chi connectivity index (χ4n) is 1.93. The lowest BCUT2D eigenvalue weighted by Gasteiger charge is -2.20. The van der Waals surface area contributed by atoms with Gasteiger partial charge in [-0.05, 0) is 39.0 Å². The first kappa shape index (κ1) is 14.8. The molecule has 0 unspecified atom stereocenters. The second kappa shape index (κ2) is 4.77. The van der Waals surface area contributed by atoms with Gasteiger partial charge in [-0.2, -0.15) is 13.2 Å². The molecule has 0 aliphatic carbocycles. The molecule has 1 N–H and O–H groups in total. The van der Waals surface area contributed by atoms with E-state index >= 15 is 0 Å². The summed E-state index contributed by atoms with van der Waals surface area (Å²) in [5, 5.41) is 3.28. The first-order valence-electron chi connectivity index (χ1n) is 6.35. The highest BCUT2D eigenvalue weighted by Gasteiger charge is 2.31. The average molecular weight is 285 g/mol. The molecule has 0 radical (unpaired) electrons. The maximum Gasteiger partial charge on any atom is 0.416 e. The summed E-state index contributed by atoms with van der Waals surface area (Å²) in [6, 6.07) is 3.65. The van der Waals surface area contributed by atoms with Crippen LogP contribution in [-0.4, -0.2) is 15.1 Å². The van der Waals surface area contributed by atoms with Crippen LogP contribution in [0.25, 0.3) is 11.0 Å². The van der Waals surface area contributed by atoms with E-state index in [1.807, 2.05) is 32.4 Å². The zero-order chi connectivity index (χ0) is 15.1. The van der Waals surface area contributed by atoms with E-state index in [1.165, 1.54) is 6.07 Å². The lowest BCUT2D eigenvalue weighted by molar-refractivity contribution is -0.137. The van der Waals surface area contributed by atoms with Crippen molar-refractivity contribution in [3.8, 4) is 0 Å². The van der Waals surface area contributed by atoms with E-state index < -0.39 is 11.7 Å². The van der Waals surface area contributed by atoms with Crippen LogP contribution in [0.5, 0.6) is 0 Å². The normalized spacial score (nSPS) is 13.2. The van der Waals surface area contributed by atoms with Crippen molar-refractivity contribution >= 4 is 11.0 Å². The first-order valence-corrected chi connectivity index (χ1v) is 6.35. The van der Waals surface area contributed by atoms with Gasteiger partial charge in [-0.25, -0.2) is 4.98 Å². The Morgan fingerprint density at radius 2 is 1.85 bits per heavy atom. The molecule has 1 aromatic heterocycles. The van der Waals surface area contributed by atoms with E-state index in [2.05, 4.69) is 10.3 Å². The van der Waals surface area contributed by atoms with E-state index in [1.54, 1.807) is 0 Å². The van der Waals surface area contributed by atoms with Crippen LogP contribution in [0.4, 0.5) is 13.2 Å². The van der Waals surface area contributed by atoms with Gasteiger partial charge in [0.05, 0.1) is 23.1 Å². The van der Waals surface area contributed by atoms with Gasteiger partial charge in [0.1, 0.15) is 5.82 Å². The molecular formula is C14H18F3N3. The Bertz CT molecular complexity index is 621. The van der Waals surface area contributed by atoms with Crippen molar-refractivity contribution in [1.29, 1.82) is 0 Å². The van der Waals surface area contributed by atoms with Crippen LogP contribution in [-0.2, 0) is 19.8 Å². The second-order valence-corrected chi connectivity index (χ2v) is 5.89. The van der Waals surface area contributed by atoms with Crippen LogP contribution in [0, 0.1) is 0 Å². The summed E-state index contributed by atoms with van der Waals surface area (Å²) >= 11 is 0. The molecule has 20 heavy (non-hydrogen) atoms. The molecule has 110 valence electrons. The molecule has 1 aromatic carbocycles. The maximum absolute atomic E-state index is 12.7. The van der Waals surface area contributed by atoms with Crippen LogP contribution in [0.15, 0.2) is 18.2 Å². The monoisotopic (exact) mass is 285 g/mol. The number of benzene rings is 1. The Labute approximate surface area is 115 Å². The summed E-state index contributed by atoms with van der Waals surface area (Å²) in [6.45, 7) is 6.59. The standard InChI is InChI=1S/C14H18F3N3/c1-13(2,3)18-8-12-19-10-7-9(14(15,16)17)5-6-11(10)20(12)4/h5-7,18H,8H2,1-4H3. The molecule has 0 saturated carbocycles. The van der Waals surface area contributed by atoms with E-state index in [0.29, 0.717) is 23.4 Å². The zero-order valence-corrected chi connectivity index (χ0v) is 12.0. The molecule has 0 aliphatic heterocycles. The van der Waals surface area contributed by atoms with E-state index in [4.69, 9.17) is 0 Å². The first-order chi connectivity index (χ1) is 9.08. The van der Waals surface area contributed by atoms with Crippen molar-refractivity contribution in [2.24, 2.45) is 7.05 Å². The molecule has 1 heterocycles. The highest BCUT2D eigenvalue weighted by molar-refractivity contribution is 5.77. The van der Waals surface area contributed by atoms with Gasteiger partial charge in [0, 0.05) is 12.6 Å². The predicted molar refractivity (Wildman–Crippen MR) is 72.3 cm³/mol. The summed E-state index contributed by atoms with van der Waals surface area (Å²) in [7, 11) is 1.81. The number of nitrogens with zero attached hydrogens (tertiary/aromatic N) is 2. The summed E-state index contributed by atoms with van der Waals surface area (Å²) in [4.78, 5) is 4.29. The van der Waals surface area contributed by atoms with Crippen molar-refractivity contribution < 1.29 is 13.2 Å². The van der Waals surface area contributed by atoms with Gasteiger partial charge in [0.2, 0.25) is 0 Å². The molecule has 0 atom stereocenters. The number of hydrogen-bond acceptors (Lipinski definition) is 2. The average Bonchev–Trinajstić information content (AvgIpc) is 2.61. The largest absolute Gasteiger partial charge is 0.416 e. The van der Waals surface area contributed by atoms with Crippen LogP contribution in [0.1, 0.15) is 32.2 Å². The molecule has 0 fully saturated rings. The molecule has 2 rings (SSSR count). The minimum absolute atomic E-state index is 0.0741. The zero-order valence-electron chi connectivity index (χ0n) is 12.0. The summed E-state index contributed by atoms with van der Waals surface area (Å²) in [6.07, 6.45) is -4.34. The van der Waals surface area contributed by atoms with Crippen molar-refractivity contribution in [3.05, 3.63) is 29.6 Å². The number of halogens is 3. The molecule has 2 aromatic rings. The number of hydrogen-bond donors (Lipinski definition) is 1. The highest BCUT2D eigenvalue weighted by Crippen LogP contribution is 2.31. The van der Waals surface area contributed by atoms with E-state index in [9.17, 15) is 13.2 Å². The van der Waals surface area contributed by atoms with Crippen LogP contribution < -0.4 is 5.32 Å². The Balaban J connectivity index is 2.37. The fraction of sp³-hybridized carbons (Fsp3) is 0.500. The number of imidazole rings is 1. The third kappa shape index (κ3) is 3.12. The molecule has 6 heteroatoms. The molecule has 3 nitrogen and oxygen atoms in total. The number of nitrogens with one attached hydrogen (secondary N) is 1. The Morgan fingerprint density at radius 1 is 1.20 bits per heavy atom. The number of alkyl halides is 3. The molecular weight excluding hydrogens is 267 g/mol. The van der Waals surface area contributed by atoms with Gasteiger partial charge in [0.15, 0.2) is 0 Å². The summed E-state index contributed by atoms with van der Waals surface area (Å²) in [5.41, 5.74) is 0.324. The van der Waals surface area contributed by atoms with Gasteiger partial charge in [-0.15, -0.1) is 0 Å². The SMILES string of the molecule is Cn1c(CNC(C)(C)C)nc2cc(C(F)(F)F)ccc21. The van der Waals surface area contributed by atoms with Crippen LogP contribution in [0.3, 0.4) is 0 Å². The van der Waals surface area contributed by atoms with Gasteiger partial charge in [-0.3, -0.25) is 0 Å². The third-order valence-corrected chi connectivity index (χ3v) is 3.08. The number of aryl methyl sites for hydroxylation is 1. The third-order valence-electron chi connectivity index (χ3n) is 3.08. The summed E-state index contributed by atoms with van der Waals surface area (Å²) < 4.78 is 39.9. The predicted octanol–water partition coefficient (Wildman–Crippen LogP) is 3.48. The topological polar surface area (TPSA) is 29.9 Å². The molecule has 0 amide bonds. The van der Waals surface area contributed by atoms with Crippen LogP contribution in [0.2, 0.25) is 0 Å². The quantitative estimate of drug-likeness (QED) is 0.915. The summed E-state index contributed by atoms with van der Waals surface area (Å²) in [5.74, 6) is 0.717. The smallest absolute Gasteiger partial charge is 0.330 e. The Kier molecular flexibility index (Phi) is 3.54. The second-order valence-electron chi connectivity index (χ2n) is 5.89. The Hall–Kier alpha value is -1.56. The van der Waals surface area contributed by atoms with E-state index in [0.717, 1.165) is 12.1 Å². The molecule has 0 saturated heterocycles. The molecule has 0 aliphatic rings. The fourth-order valence-corrected chi connectivity index (χ4v) is 1.93. The van der Waals surface area contributed by atoms with Gasteiger partial charge in [0.25, 0.3) is 0 Å². The number of aromatic nitrogens is 2. The van der Waals surface area contributed by atoms with Crippen molar-refractivity contribution in [1.82, 2.24) is 14.9 Å². The number of fused-ring (bicyclic) bond motifs is 1. The van der Waals surface area contributed by atoms with Gasteiger partial charge in [-0.1, -0.05) is 0 Å². The molecule has 0 spiro atoms. The highest BCUT2D eigenvalue weighted by atomic mass is 19.4. The minimum Gasteiger partial charge on any atom is -0.330 e. The lowest BCUT2D eigenvalue weighted by Crippen LogP contribution is -2.35. The van der Waals surface area contributed by atoms with Crippen molar-refractivity contribution in [3.63, 3.8) is 0 Å². The van der Waals surface area contributed by atoms with Crippen molar-refractivity contribution in [2.45, 2.75) is 39.0 Å². The van der Waals surface area contributed by atoms with Gasteiger partial charge >= 0.3 is 6.18 Å². The molecule has 0 bridgehead atoms. The number of rotatable bonds is 2. The van der Waals surface area contributed by atoms with Crippen molar-refractivity contribution in [2.75, 3.05) is 0 Å². The van der Waals surface area contributed by atoms with E-state index in [-0.39, 0.29) is 5.54 Å². The lowest BCUT2D eigenvalue weighted by atomic mass is 10.1. The Morgan fingerprint density at radius 3 is 2.40 bits per heavy atom.